The second-order valence-corrected chi connectivity index (χ2v) is 21.6. The minimum absolute atomic E-state index is 0.0891. The summed E-state index contributed by atoms with van der Waals surface area (Å²) in [6.07, 6.45) is 92.0. The van der Waals surface area contributed by atoms with Crippen LogP contribution in [-0.4, -0.2) is 37.2 Å². The van der Waals surface area contributed by atoms with E-state index >= 15 is 0 Å². The molecule has 0 heterocycles. The minimum Gasteiger partial charge on any atom is -0.462 e. The molecule has 0 saturated heterocycles. The fraction of sp³-hybridized carbons (Fsp3) is 0.685. The summed E-state index contributed by atoms with van der Waals surface area (Å²) >= 11 is 0. The van der Waals surface area contributed by atoms with Gasteiger partial charge in [-0.05, 0) is 128 Å². The van der Waals surface area contributed by atoms with Crippen molar-refractivity contribution in [2.24, 2.45) is 0 Å². The number of carbonyl (C=O) groups is 3. The average molecular weight is 1100 g/mol. The lowest BCUT2D eigenvalue weighted by atomic mass is 10.0. The van der Waals surface area contributed by atoms with Crippen LogP contribution in [0.2, 0.25) is 0 Å². The monoisotopic (exact) mass is 1090 g/mol. The first kappa shape index (κ1) is 74.8. The van der Waals surface area contributed by atoms with Crippen molar-refractivity contribution in [1.29, 1.82) is 0 Å². The number of allylic oxidation sites excluding steroid dienone is 20. The van der Waals surface area contributed by atoms with Gasteiger partial charge in [-0.25, -0.2) is 0 Å². The maximum atomic E-state index is 12.9. The molecule has 0 bridgehead atoms. The Balaban J connectivity index is 4.39. The highest BCUT2D eigenvalue weighted by Crippen LogP contribution is 2.16. The topological polar surface area (TPSA) is 78.9 Å². The van der Waals surface area contributed by atoms with Gasteiger partial charge in [0, 0.05) is 19.3 Å². The molecule has 0 aromatic heterocycles. The van der Waals surface area contributed by atoms with E-state index in [0.29, 0.717) is 19.3 Å². The van der Waals surface area contributed by atoms with E-state index in [1.807, 2.05) is 0 Å². The lowest BCUT2D eigenvalue weighted by Gasteiger charge is -2.18. The summed E-state index contributed by atoms with van der Waals surface area (Å²) in [7, 11) is 0. The molecule has 1 atom stereocenters. The molecule has 0 aromatic rings. The maximum Gasteiger partial charge on any atom is 0.306 e. The molecule has 0 aromatic carbocycles. The van der Waals surface area contributed by atoms with Gasteiger partial charge >= 0.3 is 17.9 Å². The molecule has 0 amide bonds. The van der Waals surface area contributed by atoms with Gasteiger partial charge in [0.15, 0.2) is 6.10 Å². The lowest BCUT2D eigenvalue weighted by molar-refractivity contribution is -0.167. The SMILES string of the molecule is CC/C=C\C/C=C\C/C=C\C/C=C\CCCCCCCCCCCCCCC(=O)OCC(COC(=O)CCCCCCCCC/C=C\C/C=C\C/C=C\CC)OC(=O)CCCCCCCC/C=C\C/C=C\C/C=C\CCCCC. The smallest absolute Gasteiger partial charge is 0.306 e. The van der Waals surface area contributed by atoms with Crippen LogP contribution >= 0.6 is 0 Å². The molecule has 0 rings (SSSR count). The van der Waals surface area contributed by atoms with Gasteiger partial charge in [-0.3, -0.25) is 14.4 Å². The van der Waals surface area contributed by atoms with Crippen LogP contribution in [0.25, 0.3) is 0 Å². The average Bonchev–Trinajstić information content (AvgIpc) is 3.45. The molecule has 0 fully saturated rings. The van der Waals surface area contributed by atoms with Gasteiger partial charge in [0.2, 0.25) is 0 Å². The first-order valence-corrected chi connectivity index (χ1v) is 33.0. The van der Waals surface area contributed by atoms with Crippen LogP contribution in [0.4, 0.5) is 0 Å². The zero-order valence-electron chi connectivity index (χ0n) is 51.6. The predicted molar refractivity (Wildman–Crippen MR) is 343 cm³/mol. The molecule has 0 spiro atoms. The number of hydrogen-bond acceptors (Lipinski definition) is 6. The lowest BCUT2D eigenvalue weighted by Crippen LogP contribution is -2.30. The van der Waals surface area contributed by atoms with Crippen molar-refractivity contribution in [2.45, 2.75) is 309 Å². The van der Waals surface area contributed by atoms with Crippen molar-refractivity contribution in [2.75, 3.05) is 13.2 Å². The molecule has 0 radical (unpaired) electrons. The van der Waals surface area contributed by atoms with Crippen LogP contribution in [-0.2, 0) is 28.6 Å². The molecule has 79 heavy (non-hydrogen) atoms. The largest absolute Gasteiger partial charge is 0.462 e. The quantitative estimate of drug-likeness (QED) is 0.0261. The van der Waals surface area contributed by atoms with Crippen molar-refractivity contribution in [1.82, 2.24) is 0 Å². The Kier molecular flexibility index (Phi) is 62.8. The molecule has 0 aliphatic carbocycles. The summed E-state index contributed by atoms with van der Waals surface area (Å²) in [5.74, 6) is -0.906. The Bertz CT molecular complexity index is 1640. The molecule has 450 valence electrons. The van der Waals surface area contributed by atoms with E-state index in [-0.39, 0.29) is 31.1 Å². The predicted octanol–water partition coefficient (Wildman–Crippen LogP) is 22.8. The molecule has 6 heteroatoms. The standard InChI is InChI=1S/C73H122O6/c1-4-7-10-13-16-19-22-25-28-31-33-34-35-36-37-38-40-42-45-48-51-54-57-60-63-66-72(75)78-69-70(68-77-71(74)65-62-59-56-53-50-47-44-41-30-27-24-21-18-15-12-9-6-3)79-73(76)67-64-61-58-55-52-49-46-43-39-32-29-26-23-20-17-14-11-8-5-2/h7,9-10,12,16-21,25-30,33-34,39,43,70H,4-6,8,11,13-15,22-24,31-32,35-38,40-42,44-69H2,1-3H3/b10-7-,12-9-,19-16-,20-17-,21-18-,28-25-,29-26-,30-27-,34-33-,43-39-. The van der Waals surface area contributed by atoms with Crippen LogP contribution in [0.5, 0.6) is 0 Å². The highest BCUT2D eigenvalue weighted by atomic mass is 16.6. The van der Waals surface area contributed by atoms with Gasteiger partial charge in [-0.15, -0.1) is 0 Å². The summed E-state index contributed by atoms with van der Waals surface area (Å²) in [4.78, 5) is 38.4. The molecule has 0 aliphatic rings. The summed E-state index contributed by atoms with van der Waals surface area (Å²) in [5, 5.41) is 0. The first-order chi connectivity index (χ1) is 39.0. The van der Waals surface area contributed by atoms with Crippen molar-refractivity contribution in [3.8, 4) is 0 Å². The fourth-order valence-electron chi connectivity index (χ4n) is 9.04. The third kappa shape index (κ3) is 64.5. The number of carbonyl (C=O) groups excluding carboxylic acids is 3. The first-order valence-electron chi connectivity index (χ1n) is 33.0. The van der Waals surface area contributed by atoms with Crippen LogP contribution < -0.4 is 0 Å². The van der Waals surface area contributed by atoms with Crippen molar-refractivity contribution < 1.29 is 28.6 Å². The van der Waals surface area contributed by atoms with E-state index in [0.717, 1.165) is 135 Å². The van der Waals surface area contributed by atoms with E-state index in [9.17, 15) is 14.4 Å². The Labute approximate surface area is 488 Å². The number of hydrogen-bond donors (Lipinski definition) is 0. The molecular weight excluding hydrogens is 973 g/mol. The number of rotatable bonds is 59. The third-order valence-corrected chi connectivity index (χ3v) is 13.9. The van der Waals surface area contributed by atoms with Gasteiger partial charge in [0.05, 0.1) is 0 Å². The van der Waals surface area contributed by atoms with Crippen LogP contribution in [0.3, 0.4) is 0 Å². The van der Waals surface area contributed by atoms with Gasteiger partial charge in [-0.1, -0.05) is 277 Å². The minimum atomic E-state index is -0.795. The van der Waals surface area contributed by atoms with Gasteiger partial charge in [0.25, 0.3) is 0 Å². The zero-order chi connectivity index (χ0) is 57.1. The molecule has 0 aliphatic heterocycles. The van der Waals surface area contributed by atoms with Gasteiger partial charge in [-0.2, -0.15) is 0 Å². The normalized spacial score (nSPS) is 12.9. The van der Waals surface area contributed by atoms with E-state index in [1.165, 1.54) is 128 Å². The maximum absolute atomic E-state index is 12.9. The molecule has 0 N–H and O–H groups in total. The van der Waals surface area contributed by atoms with Gasteiger partial charge < -0.3 is 14.2 Å². The molecule has 1 unspecified atom stereocenters. The van der Waals surface area contributed by atoms with E-state index in [1.54, 1.807) is 0 Å². The summed E-state index contributed by atoms with van der Waals surface area (Å²) in [6.45, 7) is 6.39. The highest BCUT2D eigenvalue weighted by Gasteiger charge is 2.19. The fourth-order valence-corrected chi connectivity index (χ4v) is 9.04. The Morgan fingerprint density at radius 2 is 0.494 bits per heavy atom. The third-order valence-electron chi connectivity index (χ3n) is 13.9. The van der Waals surface area contributed by atoms with E-state index in [4.69, 9.17) is 14.2 Å². The van der Waals surface area contributed by atoms with E-state index in [2.05, 4.69) is 142 Å². The van der Waals surface area contributed by atoms with Crippen LogP contribution in [0, 0.1) is 0 Å². The van der Waals surface area contributed by atoms with Crippen molar-refractivity contribution >= 4 is 17.9 Å². The summed E-state index contributed by atoms with van der Waals surface area (Å²) in [6, 6.07) is 0. The van der Waals surface area contributed by atoms with E-state index < -0.39 is 6.10 Å². The second kappa shape index (κ2) is 66.3. The molecule has 0 saturated carbocycles. The number of unbranched alkanes of at least 4 members (excludes halogenated alkanes) is 28. The van der Waals surface area contributed by atoms with Gasteiger partial charge in [0.1, 0.15) is 13.2 Å². The highest BCUT2D eigenvalue weighted by molar-refractivity contribution is 5.71. The number of ether oxygens (including phenoxy) is 3. The second-order valence-electron chi connectivity index (χ2n) is 21.6. The Hall–Kier alpha value is -4.19. The van der Waals surface area contributed by atoms with Crippen molar-refractivity contribution in [3.05, 3.63) is 122 Å². The van der Waals surface area contributed by atoms with Crippen LogP contribution in [0.1, 0.15) is 303 Å². The summed E-state index contributed by atoms with van der Waals surface area (Å²) < 4.78 is 16.9. The zero-order valence-corrected chi connectivity index (χ0v) is 51.6. The molecular formula is C73H122O6. The number of esters is 3. The van der Waals surface area contributed by atoms with Crippen molar-refractivity contribution in [3.63, 3.8) is 0 Å². The summed E-state index contributed by atoms with van der Waals surface area (Å²) in [5.41, 5.74) is 0. The van der Waals surface area contributed by atoms with Crippen LogP contribution in [0.15, 0.2) is 122 Å². The Morgan fingerprint density at radius 3 is 0.772 bits per heavy atom. The molecule has 6 nitrogen and oxygen atoms in total. The Morgan fingerprint density at radius 1 is 0.266 bits per heavy atom.